The summed E-state index contributed by atoms with van der Waals surface area (Å²) in [7, 11) is 0. The Balaban J connectivity index is 1.27. The molecule has 2 aliphatic heterocycles. The molecule has 3 aromatic rings. The Morgan fingerprint density at radius 1 is 1.02 bits per heavy atom. The predicted octanol–water partition coefficient (Wildman–Crippen LogP) is 7.46. The summed E-state index contributed by atoms with van der Waals surface area (Å²) < 4.78 is 34.2. The largest absolute Gasteiger partial charge is 0.342 e. The fourth-order valence-corrected chi connectivity index (χ4v) is 8.17. The van der Waals surface area contributed by atoms with Gasteiger partial charge in [0.2, 0.25) is 11.8 Å². The molecule has 1 unspecified atom stereocenters. The summed E-state index contributed by atoms with van der Waals surface area (Å²) in [6.45, 7) is 16.9. The Morgan fingerprint density at radius 2 is 1.73 bits per heavy atom. The highest BCUT2D eigenvalue weighted by Crippen LogP contribution is 2.58. The maximum absolute atomic E-state index is 15.1. The number of carbonyl (C=O) groups excluding carboxylic acids is 1. The van der Waals surface area contributed by atoms with Crippen molar-refractivity contribution < 1.29 is 18.1 Å². The number of likely N-dealkylation sites (tertiary alicyclic amines) is 2. The van der Waals surface area contributed by atoms with Gasteiger partial charge >= 0.3 is 0 Å². The second-order valence-electron chi connectivity index (χ2n) is 14.9. The van der Waals surface area contributed by atoms with Crippen molar-refractivity contribution in [1.29, 1.82) is 0 Å². The lowest BCUT2D eigenvalue weighted by Crippen LogP contribution is -2.48. The normalized spacial score (nSPS) is 23.9. The van der Waals surface area contributed by atoms with Crippen LogP contribution in [-0.2, 0) is 15.6 Å². The first-order valence-electron chi connectivity index (χ1n) is 15.7. The molecular formula is C35H43ClF2N4O2. The molecule has 236 valence electrons. The molecule has 1 spiro atoms. The van der Waals surface area contributed by atoms with Crippen molar-refractivity contribution in [3.63, 3.8) is 0 Å². The zero-order chi connectivity index (χ0) is 31.8. The fraction of sp³-hybridized carbons (Fsp3) is 0.571. The minimum absolute atomic E-state index is 0.0552. The lowest BCUT2D eigenvalue weighted by molar-refractivity contribution is -0.137. The number of piperidine rings is 1. The summed E-state index contributed by atoms with van der Waals surface area (Å²) in [5.74, 6) is -0.457. The van der Waals surface area contributed by atoms with Crippen molar-refractivity contribution in [2.45, 2.75) is 95.9 Å². The minimum atomic E-state index is -0.607. The predicted molar refractivity (Wildman–Crippen MR) is 167 cm³/mol. The summed E-state index contributed by atoms with van der Waals surface area (Å²) in [6, 6.07) is 8.11. The maximum Gasteiger partial charge on any atom is 0.227 e. The van der Waals surface area contributed by atoms with Crippen molar-refractivity contribution in [2.24, 2.45) is 5.92 Å². The summed E-state index contributed by atoms with van der Waals surface area (Å²) in [5, 5.41) is 5.06. The van der Waals surface area contributed by atoms with Crippen molar-refractivity contribution in [3.8, 4) is 0 Å². The van der Waals surface area contributed by atoms with Crippen LogP contribution < -0.4 is 0 Å². The Bertz CT molecular complexity index is 1590. The van der Waals surface area contributed by atoms with E-state index >= 15 is 4.39 Å². The number of aryl methyl sites for hydroxylation is 2. The van der Waals surface area contributed by atoms with Crippen LogP contribution in [0.5, 0.6) is 0 Å². The lowest BCUT2D eigenvalue weighted by atomic mass is 9.69. The second-order valence-corrected chi connectivity index (χ2v) is 15.3. The van der Waals surface area contributed by atoms with Crippen molar-refractivity contribution in [2.75, 3.05) is 26.2 Å². The van der Waals surface area contributed by atoms with Crippen LogP contribution in [0.2, 0.25) is 5.02 Å². The quantitative estimate of drug-likeness (QED) is 0.302. The Morgan fingerprint density at radius 3 is 2.34 bits per heavy atom. The summed E-state index contributed by atoms with van der Waals surface area (Å²) >= 11 is 6.73. The summed E-state index contributed by atoms with van der Waals surface area (Å²) in [5.41, 5.74) is 3.34. The van der Waals surface area contributed by atoms with Gasteiger partial charge in [-0.2, -0.15) is 4.98 Å². The molecule has 6 nitrogen and oxygen atoms in total. The van der Waals surface area contributed by atoms with Gasteiger partial charge in [-0.3, -0.25) is 9.69 Å². The van der Waals surface area contributed by atoms with Crippen LogP contribution in [0.3, 0.4) is 0 Å². The van der Waals surface area contributed by atoms with E-state index in [9.17, 15) is 9.18 Å². The lowest BCUT2D eigenvalue weighted by Gasteiger charge is -2.42. The molecule has 3 heterocycles. The molecule has 0 bridgehead atoms. The van der Waals surface area contributed by atoms with Gasteiger partial charge in [-0.25, -0.2) is 8.78 Å². The molecule has 1 aliphatic carbocycles. The van der Waals surface area contributed by atoms with Gasteiger partial charge in [0.05, 0.1) is 5.92 Å². The minimum Gasteiger partial charge on any atom is -0.342 e. The third kappa shape index (κ3) is 5.26. The van der Waals surface area contributed by atoms with E-state index < -0.39 is 17.6 Å². The number of rotatable bonds is 4. The van der Waals surface area contributed by atoms with E-state index in [-0.39, 0.29) is 34.1 Å². The summed E-state index contributed by atoms with van der Waals surface area (Å²) in [6.07, 6.45) is 2.54. The van der Waals surface area contributed by atoms with Crippen LogP contribution in [0.1, 0.15) is 99.7 Å². The van der Waals surface area contributed by atoms with Gasteiger partial charge in [0.1, 0.15) is 11.6 Å². The highest BCUT2D eigenvalue weighted by Gasteiger charge is 2.53. The number of fused-ring (bicyclic) bond motifs is 2. The molecule has 3 aliphatic rings. The van der Waals surface area contributed by atoms with Crippen molar-refractivity contribution in [1.82, 2.24) is 19.9 Å². The molecule has 9 heteroatoms. The molecule has 6 rings (SSSR count). The fourth-order valence-electron chi connectivity index (χ4n) is 8.01. The van der Waals surface area contributed by atoms with Crippen molar-refractivity contribution in [3.05, 3.63) is 81.0 Å². The second kappa shape index (κ2) is 10.9. The molecule has 2 aromatic carbocycles. The van der Waals surface area contributed by atoms with E-state index in [0.29, 0.717) is 43.5 Å². The third-order valence-corrected chi connectivity index (χ3v) is 11.2. The average molecular weight is 625 g/mol. The molecule has 1 aromatic heterocycles. The number of amides is 1. The molecular weight excluding hydrogens is 582 g/mol. The number of aromatic nitrogens is 2. The third-order valence-electron chi connectivity index (χ3n) is 10.8. The van der Waals surface area contributed by atoms with Crippen LogP contribution in [0, 0.1) is 31.4 Å². The summed E-state index contributed by atoms with van der Waals surface area (Å²) in [4.78, 5) is 23.1. The number of halogens is 3. The first-order chi connectivity index (χ1) is 20.6. The van der Waals surface area contributed by atoms with Gasteiger partial charge in [0, 0.05) is 61.1 Å². The van der Waals surface area contributed by atoms with Crippen LogP contribution in [0.15, 0.2) is 34.9 Å². The number of hydrogen-bond acceptors (Lipinski definition) is 5. The van der Waals surface area contributed by atoms with Gasteiger partial charge in [-0.15, -0.1) is 0 Å². The van der Waals surface area contributed by atoms with E-state index in [4.69, 9.17) is 16.1 Å². The van der Waals surface area contributed by atoms with Gasteiger partial charge in [-0.05, 0) is 92.7 Å². The SMILES string of the molecule is Cc1nc(C(C)(C)C2CC3(CCN(C(=O)[C@@H]4CN(C(C)(C)C)C[C@H]4c4ccc(F)cc4F)CC3)c3cc(Cl)c(C)cc32)no1. The molecule has 0 saturated carbocycles. The average Bonchev–Trinajstić information content (AvgIpc) is 3.67. The van der Waals surface area contributed by atoms with Gasteiger partial charge in [-0.1, -0.05) is 42.7 Å². The van der Waals surface area contributed by atoms with Crippen LogP contribution in [0.4, 0.5) is 8.78 Å². The first-order valence-corrected chi connectivity index (χ1v) is 16.1. The highest BCUT2D eigenvalue weighted by molar-refractivity contribution is 6.31. The van der Waals surface area contributed by atoms with Crippen LogP contribution in [0.25, 0.3) is 0 Å². The molecule has 0 radical (unpaired) electrons. The van der Waals surface area contributed by atoms with Crippen molar-refractivity contribution >= 4 is 17.5 Å². The molecule has 2 fully saturated rings. The van der Waals surface area contributed by atoms with Gasteiger partial charge < -0.3 is 9.42 Å². The number of carbonyl (C=O) groups is 1. The van der Waals surface area contributed by atoms with Crippen LogP contribution >= 0.6 is 11.6 Å². The zero-order valence-electron chi connectivity index (χ0n) is 26.8. The molecule has 3 atom stereocenters. The Labute approximate surface area is 264 Å². The maximum atomic E-state index is 15.1. The van der Waals surface area contributed by atoms with Gasteiger partial charge in [0.25, 0.3) is 0 Å². The standard InChI is InChI=1S/C35H43ClF2N4O2/c1-20-14-24-27(16-29(20)36)35(17-28(24)34(6,7)32-39-21(2)44-40-32)10-12-41(13-11-35)31(43)26-19-42(33(3,4)5)18-25(26)23-9-8-22(37)15-30(23)38/h8-9,14-16,25-26,28H,10-13,17-19H2,1-7H3/t25-,26+,28?/m0/s1. The van der Waals surface area contributed by atoms with E-state index in [0.717, 1.165) is 35.9 Å². The zero-order valence-corrected chi connectivity index (χ0v) is 27.6. The molecule has 1 amide bonds. The number of benzene rings is 2. The van der Waals surface area contributed by atoms with E-state index in [1.165, 1.54) is 23.3 Å². The van der Waals surface area contributed by atoms with E-state index in [1.54, 1.807) is 0 Å². The molecule has 2 saturated heterocycles. The Kier molecular flexibility index (Phi) is 7.72. The molecule has 0 N–H and O–H groups in total. The number of hydrogen-bond donors (Lipinski definition) is 0. The highest BCUT2D eigenvalue weighted by atomic mass is 35.5. The number of nitrogens with zero attached hydrogens (tertiary/aromatic N) is 4. The first kappa shape index (κ1) is 31.2. The topological polar surface area (TPSA) is 62.5 Å². The van der Waals surface area contributed by atoms with Gasteiger partial charge in [0.15, 0.2) is 5.82 Å². The van der Waals surface area contributed by atoms with Crippen LogP contribution in [-0.4, -0.2) is 57.6 Å². The Hall–Kier alpha value is -2.84. The molecule has 44 heavy (non-hydrogen) atoms. The van der Waals surface area contributed by atoms with E-state index in [1.807, 2.05) is 18.7 Å². The smallest absolute Gasteiger partial charge is 0.227 e. The van der Waals surface area contributed by atoms with E-state index in [2.05, 4.69) is 61.8 Å². The monoisotopic (exact) mass is 624 g/mol.